The van der Waals surface area contributed by atoms with Crippen LogP contribution < -0.4 is 5.32 Å². The molecule has 1 N–H and O–H groups in total. The van der Waals surface area contributed by atoms with Crippen molar-refractivity contribution in [2.24, 2.45) is 0 Å². The first-order valence-electron chi connectivity index (χ1n) is 7.90. The molecule has 1 unspecified atom stereocenters. The minimum absolute atomic E-state index is 0.0792. The van der Waals surface area contributed by atoms with Crippen molar-refractivity contribution in [2.45, 2.75) is 38.4 Å². The zero-order valence-corrected chi connectivity index (χ0v) is 13.4. The lowest BCUT2D eigenvalue weighted by molar-refractivity contribution is -0.137. The number of amides is 1. The van der Waals surface area contributed by atoms with Gasteiger partial charge in [-0.05, 0) is 29.7 Å². The van der Waals surface area contributed by atoms with E-state index in [0.29, 0.717) is 12.0 Å². The molecular formula is C19H20F3NO. The summed E-state index contributed by atoms with van der Waals surface area (Å²) in [4.78, 5) is 12.5. The summed E-state index contributed by atoms with van der Waals surface area (Å²) in [5.74, 6) is -0.456. The summed E-state index contributed by atoms with van der Waals surface area (Å²) in [6.45, 7) is 2.08. The lowest BCUT2D eigenvalue weighted by Crippen LogP contribution is -2.29. The number of nitrogens with one attached hydrogen (secondary N) is 1. The summed E-state index contributed by atoms with van der Waals surface area (Å²) < 4.78 is 38.2. The van der Waals surface area contributed by atoms with Gasteiger partial charge in [-0.3, -0.25) is 4.79 Å². The Morgan fingerprint density at radius 3 is 2.42 bits per heavy atom. The average molecular weight is 335 g/mol. The Balaban J connectivity index is 2.06. The van der Waals surface area contributed by atoms with Crippen LogP contribution in [-0.4, -0.2) is 5.91 Å². The van der Waals surface area contributed by atoms with Crippen molar-refractivity contribution in [2.75, 3.05) is 0 Å². The van der Waals surface area contributed by atoms with Gasteiger partial charge in [0.2, 0.25) is 5.91 Å². The second-order valence-corrected chi connectivity index (χ2v) is 5.67. The van der Waals surface area contributed by atoms with E-state index in [1.807, 2.05) is 37.3 Å². The highest BCUT2D eigenvalue weighted by Crippen LogP contribution is 2.29. The van der Waals surface area contributed by atoms with E-state index in [4.69, 9.17) is 0 Å². The van der Waals surface area contributed by atoms with Crippen molar-refractivity contribution in [3.05, 3.63) is 71.3 Å². The van der Waals surface area contributed by atoms with Crippen LogP contribution in [0.3, 0.4) is 0 Å². The molecule has 0 bridgehead atoms. The molecule has 0 saturated carbocycles. The zero-order valence-electron chi connectivity index (χ0n) is 13.4. The average Bonchev–Trinajstić information content (AvgIpc) is 2.58. The standard InChI is InChI=1S/C19H20F3NO/c1-2-7-17(15-9-4-3-5-10-15)18(24)23-13-14-8-6-11-16(12-14)19(20,21)22/h3-6,8-12,17H,2,7,13H2,1H3,(H,23,24). The number of rotatable bonds is 6. The topological polar surface area (TPSA) is 29.1 Å². The lowest BCUT2D eigenvalue weighted by Gasteiger charge is -2.17. The molecule has 128 valence electrons. The third kappa shape index (κ3) is 4.85. The van der Waals surface area contributed by atoms with Gasteiger partial charge in [0.1, 0.15) is 0 Å². The summed E-state index contributed by atoms with van der Waals surface area (Å²) >= 11 is 0. The normalized spacial score (nSPS) is 12.7. The molecule has 1 amide bonds. The minimum atomic E-state index is -4.38. The van der Waals surface area contributed by atoms with Crippen molar-refractivity contribution in [3.8, 4) is 0 Å². The fraction of sp³-hybridized carbons (Fsp3) is 0.316. The van der Waals surface area contributed by atoms with Crippen LogP contribution in [0.25, 0.3) is 0 Å². The molecule has 0 heterocycles. The maximum absolute atomic E-state index is 12.7. The first kappa shape index (κ1) is 18.0. The second kappa shape index (κ2) is 7.99. The summed E-state index contributed by atoms with van der Waals surface area (Å²) in [5.41, 5.74) is 0.643. The Bertz CT molecular complexity index is 668. The van der Waals surface area contributed by atoms with Crippen LogP contribution in [0.1, 0.15) is 42.4 Å². The van der Waals surface area contributed by atoms with Gasteiger partial charge in [-0.2, -0.15) is 13.2 Å². The highest BCUT2D eigenvalue weighted by atomic mass is 19.4. The number of benzene rings is 2. The molecule has 0 radical (unpaired) electrons. The number of carbonyl (C=O) groups excluding carboxylic acids is 1. The van der Waals surface area contributed by atoms with Crippen LogP contribution in [0.4, 0.5) is 13.2 Å². The van der Waals surface area contributed by atoms with Crippen LogP contribution in [0.2, 0.25) is 0 Å². The van der Waals surface area contributed by atoms with Crippen molar-refractivity contribution in [1.29, 1.82) is 0 Å². The number of hydrogen-bond donors (Lipinski definition) is 1. The quantitative estimate of drug-likeness (QED) is 0.799. The zero-order chi connectivity index (χ0) is 17.6. The molecule has 0 spiro atoms. The van der Waals surface area contributed by atoms with E-state index in [2.05, 4.69) is 5.32 Å². The summed E-state index contributed by atoms with van der Waals surface area (Å²) in [7, 11) is 0. The van der Waals surface area contributed by atoms with Crippen LogP contribution in [0.5, 0.6) is 0 Å². The fourth-order valence-electron chi connectivity index (χ4n) is 2.59. The molecule has 0 aliphatic rings. The second-order valence-electron chi connectivity index (χ2n) is 5.67. The first-order valence-corrected chi connectivity index (χ1v) is 7.90. The van der Waals surface area contributed by atoms with Gasteiger partial charge in [0.25, 0.3) is 0 Å². The van der Waals surface area contributed by atoms with Crippen molar-refractivity contribution in [1.82, 2.24) is 5.32 Å². The van der Waals surface area contributed by atoms with Gasteiger partial charge in [-0.1, -0.05) is 55.8 Å². The lowest BCUT2D eigenvalue weighted by atomic mass is 9.93. The summed E-state index contributed by atoms with van der Waals surface area (Å²) in [6, 6.07) is 14.4. The largest absolute Gasteiger partial charge is 0.416 e. The molecule has 2 nitrogen and oxygen atoms in total. The van der Waals surface area contributed by atoms with Gasteiger partial charge in [-0.15, -0.1) is 0 Å². The van der Waals surface area contributed by atoms with Gasteiger partial charge < -0.3 is 5.32 Å². The molecule has 0 fully saturated rings. The Labute approximate surface area is 139 Å². The van der Waals surface area contributed by atoms with E-state index in [-0.39, 0.29) is 18.4 Å². The smallest absolute Gasteiger partial charge is 0.351 e. The van der Waals surface area contributed by atoms with Crippen LogP contribution in [0, 0.1) is 0 Å². The van der Waals surface area contributed by atoms with Gasteiger partial charge in [0, 0.05) is 6.54 Å². The third-order valence-corrected chi connectivity index (χ3v) is 3.82. The predicted molar refractivity (Wildman–Crippen MR) is 87.4 cm³/mol. The Kier molecular flexibility index (Phi) is 6.01. The number of halogens is 3. The van der Waals surface area contributed by atoms with Gasteiger partial charge in [-0.25, -0.2) is 0 Å². The molecule has 2 aromatic carbocycles. The minimum Gasteiger partial charge on any atom is -0.351 e. The van der Waals surface area contributed by atoms with Gasteiger partial charge >= 0.3 is 6.18 Å². The van der Waals surface area contributed by atoms with Crippen molar-refractivity contribution < 1.29 is 18.0 Å². The highest BCUT2D eigenvalue weighted by molar-refractivity contribution is 5.83. The van der Waals surface area contributed by atoms with Crippen LogP contribution in [0.15, 0.2) is 54.6 Å². The molecule has 5 heteroatoms. The van der Waals surface area contributed by atoms with Crippen molar-refractivity contribution >= 4 is 5.91 Å². The maximum Gasteiger partial charge on any atom is 0.416 e. The monoisotopic (exact) mass is 335 g/mol. The molecule has 0 saturated heterocycles. The molecular weight excluding hydrogens is 315 g/mol. The van der Waals surface area contributed by atoms with Crippen molar-refractivity contribution in [3.63, 3.8) is 0 Å². The molecule has 0 aromatic heterocycles. The fourth-order valence-corrected chi connectivity index (χ4v) is 2.59. The van der Waals surface area contributed by atoms with Gasteiger partial charge in [0.05, 0.1) is 11.5 Å². The Morgan fingerprint density at radius 1 is 1.08 bits per heavy atom. The van der Waals surface area contributed by atoms with Crippen LogP contribution in [-0.2, 0) is 17.5 Å². The number of carbonyl (C=O) groups is 1. The van der Waals surface area contributed by atoms with Crippen LogP contribution >= 0.6 is 0 Å². The van der Waals surface area contributed by atoms with Gasteiger partial charge in [0.15, 0.2) is 0 Å². The number of alkyl halides is 3. The Hall–Kier alpha value is -2.30. The highest BCUT2D eigenvalue weighted by Gasteiger charge is 2.30. The van der Waals surface area contributed by atoms with E-state index in [1.54, 1.807) is 6.07 Å². The number of hydrogen-bond acceptors (Lipinski definition) is 1. The third-order valence-electron chi connectivity index (χ3n) is 3.82. The molecule has 2 rings (SSSR count). The maximum atomic E-state index is 12.7. The van der Waals surface area contributed by atoms with E-state index < -0.39 is 11.7 Å². The first-order chi connectivity index (χ1) is 11.4. The summed E-state index contributed by atoms with van der Waals surface area (Å²) in [6.07, 6.45) is -2.84. The van der Waals surface area contributed by atoms with E-state index in [1.165, 1.54) is 6.07 Å². The molecule has 1 atom stereocenters. The summed E-state index contributed by atoms with van der Waals surface area (Å²) in [5, 5.41) is 2.75. The predicted octanol–water partition coefficient (Wildman–Crippen LogP) is 4.91. The van der Waals surface area contributed by atoms with E-state index in [9.17, 15) is 18.0 Å². The SMILES string of the molecule is CCCC(C(=O)NCc1cccc(C(F)(F)F)c1)c1ccccc1. The molecule has 0 aliphatic carbocycles. The molecule has 24 heavy (non-hydrogen) atoms. The Morgan fingerprint density at radius 2 is 1.79 bits per heavy atom. The molecule has 0 aliphatic heterocycles. The molecule has 2 aromatic rings. The van der Waals surface area contributed by atoms with E-state index >= 15 is 0 Å². The van der Waals surface area contributed by atoms with E-state index in [0.717, 1.165) is 24.1 Å².